The third-order valence-electron chi connectivity index (χ3n) is 9.99. The normalized spacial score (nSPS) is 11.0. The molecular weight excluding hydrogens is 685 g/mol. The van der Waals surface area contributed by atoms with Crippen molar-refractivity contribution in [1.29, 1.82) is 0 Å². The molecule has 0 spiro atoms. The Hall–Kier alpha value is -6.66. The summed E-state index contributed by atoms with van der Waals surface area (Å²) < 4.78 is 0. The SMILES string of the molecule is CC(C)(c1ccc(O)cc1)c1ccc(O)cc1.CC(c1ccccc1)(c1ccc(O)cc1)c1ccc(O)cc1.Oc1ccc(CCc2ccc(O)cc2)cc1. The maximum Gasteiger partial charge on any atom is 0.115 e. The van der Waals surface area contributed by atoms with Gasteiger partial charge in [-0.25, -0.2) is 0 Å². The van der Waals surface area contributed by atoms with Crippen LogP contribution in [0.15, 0.2) is 176 Å². The van der Waals surface area contributed by atoms with E-state index in [1.807, 2.05) is 91.0 Å². The highest BCUT2D eigenvalue weighted by molar-refractivity contribution is 5.51. The summed E-state index contributed by atoms with van der Waals surface area (Å²) in [5, 5.41) is 56.0. The summed E-state index contributed by atoms with van der Waals surface area (Å²) in [4.78, 5) is 0. The van der Waals surface area contributed by atoms with Crippen LogP contribution >= 0.6 is 0 Å². The lowest BCUT2D eigenvalue weighted by Crippen LogP contribution is -2.25. The first-order valence-corrected chi connectivity index (χ1v) is 18.1. The first-order valence-electron chi connectivity index (χ1n) is 18.1. The van der Waals surface area contributed by atoms with Crippen LogP contribution < -0.4 is 0 Å². The second-order valence-corrected chi connectivity index (χ2v) is 14.1. The molecule has 0 aliphatic heterocycles. The quantitative estimate of drug-likeness (QED) is 0.0865. The van der Waals surface area contributed by atoms with Crippen molar-refractivity contribution < 1.29 is 30.6 Å². The van der Waals surface area contributed by atoms with E-state index >= 15 is 0 Å². The Morgan fingerprint density at radius 1 is 0.291 bits per heavy atom. The standard InChI is InChI=1S/C20H18O2.C15H16O2.C14H14O2/c1-20(15-5-3-2-4-6-15,16-7-11-18(21)12-8-16)17-9-13-19(22)14-10-17;1-15(2,11-3-7-13(16)8-4-11)12-5-9-14(17)10-6-12;15-13-7-3-11(4-8-13)1-2-12-5-9-14(16)10-6-12/h2-14,21-22H,1H3;3-10,16-17H,1-2H3;3-10,15-16H,1-2H2. The van der Waals surface area contributed by atoms with E-state index in [0.717, 1.165) is 40.7 Å². The van der Waals surface area contributed by atoms with Gasteiger partial charge in [-0.3, -0.25) is 0 Å². The van der Waals surface area contributed by atoms with Gasteiger partial charge in [0.2, 0.25) is 0 Å². The molecule has 0 saturated carbocycles. The van der Waals surface area contributed by atoms with Gasteiger partial charge < -0.3 is 30.6 Å². The van der Waals surface area contributed by atoms with Crippen LogP contribution in [0.25, 0.3) is 0 Å². The van der Waals surface area contributed by atoms with E-state index in [-0.39, 0.29) is 33.8 Å². The van der Waals surface area contributed by atoms with Crippen LogP contribution in [0.1, 0.15) is 59.7 Å². The number of phenolic OH excluding ortho intramolecular Hbond substituents is 6. The van der Waals surface area contributed by atoms with Gasteiger partial charge in [-0.1, -0.05) is 117 Å². The molecule has 0 aliphatic carbocycles. The number of rotatable bonds is 8. The predicted octanol–water partition coefficient (Wildman–Crippen LogP) is 10.8. The maximum atomic E-state index is 9.57. The Morgan fingerprint density at radius 3 is 0.818 bits per heavy atom. The predicted molar refractivity (Wildman–Crippen MR) is 220 cm³/mol. The number of benzene rings is 7. The minimum absolute atomic E-state index is 0.151. The second kappa shape index (κ2) is 17.9. The van der Waals surface area contributed by atoms with E-state index in [9.17, 15) is 20.4 Å². The molecule has 0 bridgehead atoms. The molecular formula is C49H48O6. The van der Waals surface area contributed by atoms with E-state index in [1.165, 1.54) is 11.1 Å². The first kappa shape index (κ1) is 39.5. The average molecular weight is 733 g/mol. The summed E-state index contributed by atoms with van der Waals surface area (Å²) in [7, 11) is 0. The zero-order valence-corrected chi connectivity index (χ0v) is 31.3. The Labute approximate surface area is 323 Å². The summed E-state index contributed by atoms with van der Waals surface area (Å²) in [5.74, 6) is 1.65. The largest absolute Gasteiger partial charge is 0.508 e. The Balaban J connectivity index is 0.000000161. The van der Waals surface area contributed by atoms with Gasteiger partial charge in [0.05, 0.1) is 0 Å². The van der Waals surface area contributed by atoms with Crippen molar-refractivity contribution >= 4 is 0 Å². The van der Waals surface area contributed by atoms with Gasteiger partial charge in [0.25, 0.3) is 0 Å². The molecule has 0 saturated heterocycles. The zero-order chi connectivity index (χ0) is 39.4. The first-order chi connectivity index (χ1) is 26.3. The van der Waals surface area contributed by atoms with Crippen LogP contribution in [0.5, 0.6) is 34.5 Å². The van der Waals surface area contributed by atoms with Gasteiger partial charge in [0.1, 0.15) is 34.5 Å². The zero-order valence-electron chi connectivity index (χ0n) is 31.3. The van der Waals surface area contributed by atoms with Crippen LogP contribution in [-0.4, -0.2) is 30.6 Å². The van der Waals surface area contributed by atoms with Crippen molar-refractivity contribution in [3.63, 3.8) is 0 Å². The fourth-order valence-electron chi connectivity index (χ4n) is 6.40. The van der Waals surface area contributed by atoms with Crippen molar-refractivity contribution in [3.8, 4) is 34.5 Å². The van der Waals surface area contributed by atoms with Crippen LogP contribution in [0, 0.1) is 0 Å². The maximum absolute atomic E-state index is 9.57. The smallest absolute Gasteiger partial charge is 0.115 e. The third kappa shape index (κ3) is 10.5. The summed E-state index contributed by atoms with van der Waals surface area (Å²) in [6.07, 6.45) is 1.87. The summed E-state index contributed by atoms with van der Waals surface area (Å²) in [6.45, 7) is 6.39. The number of phenols is 6. The summed E-state index contributed by atoms with van der Waals surface area (Å²) in [6, 6.07) is 53.8. The highest BCUT2D eigenvalue weighted by Gasteiger charge is 2.31. The molecule has 0 aromatic heterocycles. The molecule has 6 nitrogen and oxygen atoms in total. The van der Waals surface area contributed by atoms with Gasteiger partial charge in [0, 0.05) is 10.8 Å². The lowest BCUT2D eigenvalue weighted by molar-refractivity contribution is 0.473. The monoisotopic (exact) mass is 732 g/mol. The van der Waals surface area contributed by atoms with E-state index < -0.39 is 0 Å². The Kier molecular flexibility index (Phi) is 12.9. The molecule has 7 rings (SSSR count). The van der Waals surface area contributed by atoms with Gasteiger partial charge in [-0.15, -0.1) is 0 Å². The van der Waals surface area contributed by atoms with E-state index in [4.69, 9.17) is 10.2 Å². The van der Waals surface area contributed by atoms with Crippen LogP contribution in [-0.2, 0) is 23.7 Å². The van der Waals surface area contributed by atoms with Gasteiger partial charge in [0.15, 0.2) is 0 Å². The highest BCUT2D eigenvalue weighted by Crippen LogP contribution is 2.40. The van der Waals surface area contributed by atoms with Gasteiger partial charge >= 0.3 is 0 Å². The molecule has 0 aliphatic rings. The molecule has 6 N–H and O–H groups in total. The molecule has 0 radical (unpaired) electrons. The number of hydrogen-bond acceptors (Lipinski definition) is 6. The van der Waals surface area contributed by atoms with Gasteiger partial charge in [-0.05, 0) is 132 Å². The molecule has 0 fully saturated rings. The van der Waals surface area contributed by atoms with Gasteiger partial charge in [-0.2, -0.15) is 0 Å². The minimum Gasteiger partial charge on any atom is -0.508 e. The van der Waals surface area contributed by atoms with Crippen molar-refractivity contribution in [2.24, 2.45) is 0 Å². The molecule has 7 aromatic rings. The molecule has 55 heavy (non-hydrogen) atoms. The molecule has 7 aromatic carbocycles. The van der Waals surface area contributed by atoms with E-state index in [1.54, 1.807) is 72.8 Å². The Morgan fingerprint density at radius 2 is 0.527 bits per heavy atom. The van der Waals surface area contributed by atoms with Crippen LogP contribution in [0.2, 0.25) is 0 Å². The molecule has 0 atom stereocenters. The van der Waals surface area contributed by atoms with E-state index in [0.29, 0.717) is 11.5 Å². The molecule has 0 unspecified atom stereocenters. The second-order valence-electron chi connectivity index (χ2n) is 14.1. The fourth-order valence-corrected chi connectivity index (χ4v) is 6.40. The summed E-state index contributed by atoms with van der Waals surface area (Å²) >= 11 is 0. The third-order valence-corrected chi connectivity index (χ3v) is 9.99. The number of aryl methyl sites for hydroxylation is 2. The lowest BCUT2D eigenvalue weighted by Gasteiger charge is -2.32. The topological polar surface area (TPSA) is 121 Å². The number of hydrogen-bond donors (Lipinski definition) is 6. The Bertz CT molecular complexity index is 2050. The van der Waals surface area contributed by atoms with Crippen molar-refractivity contribution in [1.82, 2.24) is 0 Å². The van der Waals surface area contributed by atoms with Crippen LogP contribution in [0.4, 0.5) is 0 Å². The average Bonchev–Trinajstić information content (AvgIpc) is 3.20. The minimum atomic E-state index is -0.358. The molecule has 0 heterocycles. The molecule has 6 heteroatoms. The van der Waals surface area contributed by atoms with Crippen LogP contribution in [0.3, 0.4) is 0 Å². The van der Waals surface area contributed by atoms with Crippen molar-refractivity contribution in [2.45, 2.75) is 44.4 Å². The summed E-state index contributed by atoms with van der Waals surface area (Å²) in [5.41, 5.74) is 7.47. The molecule has 280 valence electrons. The molecule has 0 amide bonds. The fraction of sp³-hybridized carbons (Fsp3) is 0.143. The number of aromatic hydroxyl groups is 6. The van der Waals surface area contributed by atoms with E-state index in [2.05, 4.69) is 32.9 Å². The lowest BCUT2D eigenvalue weighted by atomic mass is 9.71. The highest BCUT2D eigenvalue weighted by atomic mass is 16.3. The van der Waals surface area contributed by atoms with Crippen molar-refractivity contribution in [3.05, 3.63) is 215 Å². The van der Waals surface area contributed by atoms with Crippen molar-refractivity contribution in [2.75, 3.05) is 0 Å².